The summed E-state index contributed by atoms with van der Waals surface area (Å²) in [5.41, 5.74) is -1.66. The molecule has 5 heteroatoms. The molecule has 100 valence electrons. The summed E-state index contributed by atoms with van der Waals surface area (Å²) >= 11 is 0. The zero-order valence-corrected chi connectivity index (χ0v) is 10.8. The molecule has 1 saturated heterocycles. The first-order chi connectivity index (χ1) is 7.89. The van der Waals surface area contributed by atoms with Gasteiger partial charge in [-0.1, -0.05) is 19.8 Å². The van der Waals surface area contributed by atoms with Crippen molar-refractivity contribution < 1.29 is 18.3 Å². The number of hydrogen-bond acceptors (Lipinski definition) is 3. The third kappa shape index (κ3) is 2.59. The van der Waals surface area contributed by atoms with Crippen molar-refractivity contribution >= 4 is 5.97 Å². The van der Waals surface area contributed by atoms with E-state index in [4.69, 9.17) is 0 Å². The first-order valence-corrected chi connectivity index (χ1v) is 6.04. The van der Waals surface area contributed by atoms with E-state index < -0.39 is 17.3 Å². The Balaban J connectivity index is 3.03. The van der Waals surface area contributed by atoms with Gasteiger partial charge in [0.1, 0.15) is 5.41 Å². The number of hydrogen-bond donors (Lipinski definition) is 0. The molecule has 0 bridgehead atoms. The van der Waals surface area contributed by atoms with E-state index in [-0.39, 0.29) is 19.4 Å². The maximum Gasteiger partial charge on any atom is 0.319 e. The van der Waals surface area contributed by atoms with Gasteiger partial charge in [-0.15, -0.1) is 0 Å². The standard InChI is InChI=1S/C12H21F2NO2/c1-4-5-6-11(10(16)17-3)9-15(2)8-7-12(11,13)14/h4-9H2,1-3H3. The highest BCUT2D eigenvalue weighted by molar-refractivity contribution is 5.78. The summed E-state index contributed by atoms with van der Waals surface area (Å²) in [4.78, 5) is 13.6. The van der Waals surface area contributed by atoms with E-state index in [9.17, 15) is 13.6 Å². The number of rotatable bonds is 4. The number of methoxy groups -OCH3 is 1. The van der Waals surface area contributed by atoms with Crippen LogP contribution in [0.3, 0.4) is 0 Å². The van der Waals surface area contributed by atoms with E-state index in [1.807, 2.05) is 6.92 Å². The van der Waals surface area contributed by atoms with Crippen molar-refractivity contribution in [3.05, 3.63) is 0 Å². The Morgan fingerprint density at radius 2 is 2.12 bits per heavy atom. The quantitative estimate of drug-likeness (QED) is 0.716. The molecular formula is C12H21F2NO2. The van der Waals surface area contributed by atoms with E-state index in [0.29, 0.717) is 13.0 Å². The average Bonchev–Trinajstić information content (AvgIpc) is 2.29. The summed E-state index contributed by atoms with van der Waals surface area (Å²) in [5.74, 6) is -3.75. The van der Waals surface area contributed by atoms with Gasteiger partial charge in [0.25, 0.3) is 5.92 Å². The van der Waals surface area contributed by atoms with Gasteiger partial charge in [0.2, 0.25) is 0 Å². The number of halogens is 2. The molecule has 1 rings (SSSR count). The molecule has 0 aromatic carbocycles. The average molecular weight is 249 g/mol. The zero-order valence-electron chi connectivity index (χ0n) is 10.8. The number of alkyl halides is 2. The molecule has 0 aromatic rings. The Labute approximate surface area is 101 Å². The van der Waals surface area contributed by atoms with Gasteiger partial charge in [0, 0.05) is 19.5 Å². The largest absolute Gasteiger partial charge is 0.468 e. The highest BCUT2D eigenvalue weighted by Gasteiger charge is 2.61. The van der Waals surface area contributed by atoms with Crippen LogP contribution in [0.15, 0.2) is 0 Å². The second kappa shape index (κ2) is 5.29. The van der Waals surface area contributed by atoms with Crippen LogP contribution in [-0.4, -0.2) is 44.0 Å². The number of likely N-dealkylation sites (tertiary alicyclic amines) is 1. The topological polar surface area (TPSA) is 29.5 Å². The van der Waals surface area contributed by atoms with Gasteiger partial charge < -0.3 is 9.64 Å². The normalized spacial score (nSPS) is 29.0. The van der Waals surface area contributed by atoms with E-state index in [1.54, 1.807) is 11.9 Å². The lowest BCUT2D eigenvalue weighted by molar-refractivity contribution is -0.201. The Morgan fingerprint density at radius 3 is 2.65 bits per heavy atom. The molecule has 0 saturated carbocycles. The Hall–Kier alpha value is -0.710. The highest BCUT2D eigenvalue weighted by atomic mass is 19.3. The minimum atomic E-state index is -2.97. The second-order valence-corrected chi connectivity index (χ2v) is 4.87. The number of nitrogens with zero attached hydrogens (tertiary/aromatic N) is 1. The molecule has 3 nitrogen and oxygen atoms in total. The number of carbonyl (C=O) groups is 1. The van der Waals surface area contributed by atoms with E-state index in [2.05, 4.69) is 4.74 Å². The maximum atomic E-state index is 14.1. The highest BCUT2D eigenvalue weighted by Crippen LogP contribution is 2.47. The van der Waals surface area contributed by atoms with Gasteiger partial charge in [-0.2, -0.15) is 0 Å². The molecule has 1 aliphatic heterocycles. The van der Waals surface area contributed by atoms with Gasteiger partial charge in [-0.05, 0) is 13.5 Å². The number of esters is 1. The monoisotopic (exact) mass is 249 g/mol. The first-order valence-electron chi connectivity index (χ1n) is 6.04. The van der Waals surface area contributed by atoms with Crippen molar-refractivity contribution in [2.24, 2.45) is 5.41 Å². The van der Waals surface area contributed by atoms with Gasteiger partial charge in [-0.25, -0.2) is 8.78 Å². The minimum Gasteiger partial charge on any atom is -0.468 e. The number of unbranched alkanes of at least 4 members (excludes halogenated alkanes) is 1. The maximum absolute atomic E-state index is 14.1. The lowest BCUT2D eigenvalue weighted by Crippen LogP contribution is -2.59. The fourth-order valence-electron chi connectivity index (χ4n) is 2.48. The predicted molar refractivity (Wildman–Crippen MR) is 61.0 cm³/mol. The smallest absolute Gasteiger partial charge is 0.319 e. The summed E-state index contributed by atoms with van der Waals surface area (Å²) < 4.78 is 32.9. The van der Waals surface area contributed by atoms with Crippen LogP contribution in [-0.2, 0) is 9.53 Å². The van der Waals surface area contributed by atoms with Gasteiger partial charge in [-0.3, -0.25) is 4.79 Å². The number of piperidine rings is 1. The molecule has 0 amide bonds. The van der Waals surface area contributed by atoms with Crippen LogP contribution in [0.5, 0.6) is 0 Å². The summed E-state index contributed by atoms with van der Waals surface area (Å²) in [6.45, 7) is 2.32. The summed E-state index contributed by atoms with van der Waals surface area (Å²) in [6.07, 6.45) is 1.31. The van der Waals surface area contributed by atoms with E-state index in [1.165, 1.54) is 7.11 Å². The van der Waals surface area contributed by atoms with Crippen molar-refractivity contribution in [3.63, 3.8) is 0 Å². The van der Waals surface area contributed by atoms with Gasteiger partial charge in [0.15, 0.2) is 0 Å². The van der Waals surface area contributed by atoms with Gasteiger partial charge >= 0.3 is 5.97 Å². The minimum absolute atomic E-state index is 0.0761. The van der Waals surface area contributed by atoms with Crippen LogP contribution in [0.25, 0.3) is 0 Å². The number of carbonyl (C=O) groups excluding carboxylic acids is 1. The number of ether oxygens (including phenoxy) is 1. The molecular weight excluding hydrogens is 228 g/mol. The molecule has 0 radical (unpaired) electrons. The second-order valence-electron chi connectivity index (χ2n) is 4.87. The molecule has 1 atom stereocenters. The summed E-state index contributed by atoms with van der Waals surface area (Å²) in [6, 6.07) is 0. The van der Waals surface area contributed by atoms with Crippen LogP contribution in [0.2, 0.25) is 0 Å². The third-order valence-electron chi connectivity index (χ3n) is 3.58. The van der Waals surface area contributed by atoms with E-state index in [0.717, 1.165) is 6.42 Å². The molecule has 1 fully saturated rings. The lowest BCUT2D eigenvalue weighted by atomic mass is 9.72. The fraction of sp³-hybridized carbons (Fsp3) is 0.917. The zero-order chi connectivity index (χ0) is 13.1. The summed E-state index contributed by atoms with van der Waals surface area (Å²) in [5, 5.41) is 0. The SMILES string of the molecule is CCCCC1(C(=O)OC)CN(C)CCC1(F)F. The van der Waals surface area contributed by atoms with Crippen molar-refractivity contribution in [3.8, 4) is 0 Å². The third-order valence-corrected chi connectivity index (χ3v) is 3.58. The Bertz CT molecular complexity index is 284. The van der Waals surface area contributed by atoms with Crippen LogP contribution in [0.1, 0.15) is 32.6 Å². The molecule has 17 heavy (non-hydrogen) atoms. The molecule has 1 heterocycles. The van der Waals surface area contributed by atoms with Crippen molar-refractivity contribution in [2.75, 3.05) is 27.2 Å². The molecule has 0 aliphatic carbocycles. The predicted octanol–water partition coefficient (Wildman–Crippen LogP) is 2.31. The van der Waals surface area contributed by atoms with Crippen LogP contribution < -0.4 is 0 Å². The van der Waals surface area contributed by atoms with Crippen molar-refractivity contribution in [2.45, 2.75) is 38.5 Å². The summed E-state index contributed by atoms with van der Waals surface area (Å²) in [7, 11) is 2.94. The van der Waals surface area contributed by atoms with Crippen molar-refractivity contribution in [1.82, 2.24) is 4.90 Å². The first kappa shape index (κ1) is 14.4. The van der Waals surface area contributed by atoms with Crippen molar-refractivity contribution in [1.29, 1.82) is 0 Å². The molecule has 0 N–H and O–H groups in total. The van der Waals surface area contributed by atoms with Crippen LogP contribution in [0.4, 0.5) is 8.78 Å². The fourth-order valence-corrected chi connectivity index (χ4v) is 2.48. The Kier molecular flexibility index (Phi) is 4.47. The molecule has 1 unspecified atom stereocenters. The lowest BCUT2D eigenvalue weighted by Gasteiger charge is -2.44. The van der Waals surface area contributed by atoms with Gasteiger partial charge in [0.05, 0.1) is 7.11 Å². The Morgan fingerprint density at radius 1 is 1.47 bits per heavy atom. The van der Waals surface area contributed by atoms with Crippen LogP contribution in [0, 0.1) is 5.41 Å². The van der Waals surface area contributed by atoms with Crippen LogP contribution >= 0.6 is 0 Å². The molecule has 1 aliphatic rings. The van der Waals surface area contributed by atoms with E-state index >= 15 is 0 Å². The molecule has 0 aromatic heterocycles. The molecule has 0 spiro atoms.